The monoisotopic (exact) mass is 202 g/mol. The van der Waals surface area contributed by atoms with Crippen molar-refractivity contribution in [3.63, 3.8) is 0 Å². The Kier molecular flexibility index (Phi) is 6.33. The van der Waals surface area contributed by atoms with E-state index in [1.165, 1.54) is 0 Å². The molecule has 0 aliphatic heterocycles. The van der Waals surface area contributed by atoms with Crippen molar-refractivity contribution in [2.24, 2.45) is 11.8 Å². The summed E-state index contributed by atoms with van der Waals surface area (Å²) < 4.78 is 5.72. The molecule has 0 saturated heterocycles. The summed E-state index contributed by atoms with van der Waals surface area (Å²) in [5, 5.41) is 0. The van der Waals surface area contributed by atoms with E-state index in [1.807, 2.05) is 6.92 Å². The molecule has 0 aromatic carbocycles. The van der Waals surface area contributed by atoms with Gasteiger partial charge in [0.15, 0.2) is 0 Å². The number of rotatable bonds is 7. The molecule has 0 fully saturated rings. The quantitative estimate of drug-likeness (QED) is 0.491. The molecule has 0 amide bonds. The number of hydrogen-bond acceptors (Lipinski definition) is 3. The van der Waals surface area contributed by atoms with E-state index in [0.717, 1.165) is 19.4 Å². The minimum atomic E-state index is -0.194. The van der Waals surface area contributed by atoms with Gasteiger partial charge in [0, 0.05) is 6.61 Å². The Morgan fingerprint density at radius 3 is 2.00 bits per heavy atom. The third-order valence-corrected chi connectivity index (χ3v) is 2.97. The lowest BCUT2D eigenvalue weighted by Gasteiger charge is -2.38. The molecule has 0 radical (unpaired) electrons. The normalized spacial score (nSPS) is 14.8. The SMILES string of the molecule is CCOC(C)(C)C(NN)C(CC)CC. The van der Waals surface area contributed by atoms with Crippen LogP contribution in [0.2, 0.25) is 0 Å². The Labute approximate surface area is 88.4 Å². The van der Waals surface area contributed by atoms with Gasteiger partial charge >= 0.3 is 0 Å². The van der Waals surface area contributed by atoms with Crippen molar-refractivity contribution < 1.29 is 4.74 Å². The summed E-state index contributed by atoms with van der Waals surface area (Å²) in [7, 11) is 0. The Morgan fingerprint density at radius 1 is 1.21 bits per heavy atom. The average molecular weight is 202 g/mol. The first-order valence-electron chi connectivity index (χ1n) is 5.63. The molecule has 3 N–H and O–H groups in total. The molecular formula is C11H26N2O. The van der Waals surface area contributed by atoms with Crippen molar-refractivity contribution in [2.45, 2.75) is 59.1 Å². The Hall–Kier alpha value is -0.120. The zero-order valence-corrected chi connectivity index (χ0v) is 10.3. The van der Waals surface area contributed by atoms with Crippen LogP contribution in [0.15, 0.2) is 0 Å². The van der Waals surface area contributed by atoms with Crippen molar-refractivity contribution in [3.05, 3.63) is 0 Å². The fraction of sp³-hybridized carbons (Fsp3) is 1.00. The maximum absolute atomic E-state index is 5.72. The third-order valence-electron chi connectivity index (χ3n) is 2.97. The zero-order valence-electron chi connectivity index (χ0n) is 10.3. The highest BCUT2D eigenvalue weighted by atomic mass is 16.5. The summed E-state index contributed by atoms with van der Waals surface area (Å²) in [6, 6.07) is 0.220. The second-order valence-corrected chi connectivity index (χ2v) is 4.26. The Bertz CT molecular complexity index is 144. The number of hydrogen-bond donors (Lipinski definition) is 2. The smallest absolute Gasteiger partial charge is 0.0794 e. The van der Waals surface area contributed by atoms with Gasteiger partial charge in [0.25, 0.3) is 0 Å². The Balaban J connectivity index is 4.50. The maximum Gasteiger partial charge on any atom is 0.0794 e. The first-order valence-corrected chi connectivity index (χ1v) is 5.63. The molecule has 1 atom stereocenters. The van der Waals surface area contributed by atoms with Gasteiger partial charge in [0.1, 0.15) is 0 Å². The van der Waals surface area contributed by atoms with Gasteiger partial charge in [-0.1, -0.05) is 26.7 Å². The molecule has 0 heterocycles. The molecule has 0 spiro atoms. The topological polar surface area (TPSA) is 47.3 Å². The van der Waals surface area contributed by atoms with E-state index in [1.54, 1.807) is 0 Å². The predicted molar refractivity (Wildman–Crippen MR) is 60.9 cm³/mol. The molecule has 3 heteroatoms. The standard InChI is InChI=1S/C11H26N2O/c1-6-9(7-2)10(13-12)11(4,5)14-8-3/h9-10,13H,6-8,12H2,1-5H3. The van der Waals surface area contributed by atoms with Crippen molar-refractivity contribution in [2.75, 3.05) is 6.61 Å². The van der Waals surface area contributed by atoms with Crippen LogP contribution in [0.3, 0.4) is 0 Å². The number of nitrogens with one attached hydrogen (secondary N) is 1. The molecule has 86 valence electrons. The van der Waals surface area contributed by atoms with E-state index in [-0.39, 0.29) is 11.6 Å². The molecule has 3 nitrogen and oxygen atoms in total. The summed E-state index contributed by atoms with van der Waals surface area (Å²) in [5.74, 6) is 6.18. The largest absolute Gasteiger partial charge is 0.374 e. The van der Waals surface area contributed by atoms with E-state index >= 15 is 0 Å². The fourth-order valence-electron chi connectivity index (χ4n) is 2.13. The minimum Gasteiger partial charge on any atom is -0.374 e. The van der Waals surface area contributed by atoms with Crippen LogP contribution in [-0.2, 0) is 4.74 Å². The van der Waals surface area contributed by atoms with Crippen LogP contribution >= 0.6 is 0 Å². The van der Waals surface area contributed by atoms with Crippen LogP contribution in [0.5, 0.6) is 0 Å². The first kappa shape index (κ1) is 13.9. The number of ether oxygens (including phenoxy) is 1. The van der Waals surface area contributed by atoms with Crippen LogP contribution in [-0.4, -0.2) is 18.2 Å². The predicted octanol–water partition coefficient (Wildman–Crippen LogP) is 2.07. The number of hydrazine groups is 1. The third kappa shape index (κ3) is 3.56. The first-order chi connectivity index (χ1) is 6.53. The highest BCUT2D eigenvalue weighted by molar-refractivity contribution is 4.88. The van der Waals surface area contributed by atoms with E-state index in [2.05, 4.69) is 33.1 Å². The lowest BCUT2D eigenvalue weighted by Crippen LogP contribution is -2.55. The van der Waals surface area contributed by atoms with Crippen molar-refractivity contribution in [1.29, 1.82) is 0 Å². The van der Waals surface area contributed by atoms with E-state index in [0.29, 0.717) is 5.92 Å². The van der Waals surface area contributed by atoms with Crippen molar-refractivity contribution in [1.82, 2.24) is 5.43 Å². The molecular weight excluding hydrogens is 176 g/mol. The van der Waals surface area contributed by atoms with E-state index in [4.69, 9.17) is 10.6 Å². The van der Waals surface area contributed by atoms with E-state index in [9.17, 15) is 0 Å². The molecule has 0 aliphatic rings. The van der Waals surface area contributed by atoms with Gasteiger partial charge in [0.2, 0.25) is 0 Å². The van der Waals surface area contributed by atoms with Gasteiger partial charge in [-0.05, 0) is 26.7 Å². The van der Waals surface area contributed by atoms with Crippen LogP contribution in [0, 0.1) is 5.92 Å². The van der Waals surface area contributed by atoms with Crippen molar-refractivity contribution in [3.8, 4) is 0 Å². The fourth-order valence-corrected chi connectivity index (χ4v) is 2.13. The van der Waals surface area contributed by atoms with Gasteiger partial charge < -0.3 is 4.74 Å². The summed E-state index contributed by atoms with van der Waals surface area (Å²) in [6.07, 6.45) is 2.25. The van der Waals surface area contributed by atoms with Crippen LogP contribution in [0.1, 0.15) is 47.5 Å². The molecule has 0 aromatic heterocycles. The van der Waals surface area contributed by atoms with Crippen LogP contribution in [0.25, 0.3) is 0 Å². The molecule has 0 aliphatic carbocycles. The zero-order chi connectivity index (χ0) is 11.2. The summed E-state index contributed by atoms with van der Waals surface area (Å²) >= 11 is 0. The minimum absolute atomic E-state index is 0.194. The van der Waals surface area contributed by atoms with Crippen molar-refractivity contribution >= 4 is 0 Å². The van der Waals surface area contributed by atoms with Gasteiger partial charge in [0.05, 0.1) is 11.6 Å². The highest BCUT2D eigenvalue weighted by Gasteiger charge is 2.33. The van der Waals surface area contributed by atoms with Gasteiger partial charge in [-0.25, -0.2) is 0 Å². The summed E-state index contributed by atoms with van der Waals surface area (Å²) in [6.45, 7) is 11.3. The lowest BCUT2D eigenvalue weighted by atomic mass is 9.84. The molecule has 0 rings (SSSR count). The molecule has 0 saturated carbocycles. The molecule has 1 unspecified atom stereocenters. The second-order valence-electron chi connectivity index (χ2n) is 4.26. The van der Waals surface area contributed by atoms with Gasteiger partial charge in [-0.2, -0.15) is 0 Å². The van der Waals surface area contributed by atoms with Crippen LogP contribution in [0.4, 0.5) is 0 Å². The molecule has 0 aromatic rings. The molecule has 0 bridgehead atoms. The van der Waals surface area contributed by atoms with Gasteiger partial charge in [-0.3, -0.25) is 11.3 Å². The summed E-state index contributed by atoms with van der Waals surface area (Å²) in [5.41, 5.74) is 2.71. The second kappa shape index (κ2) is 6.38. The highest BCUT2D eigenvalue weighted by Crippen LogP contribution is 2.25. The van der Waals surface area contributed by atoms with Gasteiger partial charge in [-0.15, -0.1) is 0 Å². The lowest BCUT2D eigenvalue weighted by molar-refractivity contribution is -0.0541. The van der Waals surface area contributed by atoms with Crippen LogP contribution < -0.4 is 11.3 Å². The number of nitrogens with two attached hydrogens (primary N) is 1. The maximum atomic E-state index is 5.72. The summed E-state index contributed by atoms with van der Waals surface area (Å²) in [4.78, 5) is 0. The molecule has 14 heavy (non-hydrogen) atoms. The Morgan fingerprint density at radius 2 is 1.71 bits per heavy atom. The van der Waals surface area contributed by atoms with E-state index < -0.39 is 0 Å². The average Bonchev–Trinajstić information content (AvgIpc) is 2.13.